The molecule has 0 unspecified atom stereocenters. The van der Waals surface area contributed by atoms with Gasteiger partial charge in [0.15, 0.2) is 0 Å². The molecule has 1 aromatic rings. The Hall–Kier alpha value is -1.24. The topological polar surface area (TPSA) is 9.23 Å². The number of ether oxygens (including phenoxy) is 1. The maximum atomic E-state index is 5.38. The van der Waals surface area contributed by atoms with Crippen LogP contribution in [0.25, 0.3) is 0 Å². The summed E-state index contributed by atoms with van der Waals surface area (Å²) in [7, 11) is 0. The predicted octanol–water partition coefficient (Wildman–Crippen LogP) is 2.88. The highest BCUT2D eigenvalue weighted by molar-refractivity contribution is 5.15. The molecule has 1 aromatic carbocycles. The summed E-state index contributed by atoms with van der Waals surface area (Å²) < 4.78 is 5.38. The largest absolute Gasteiger partial charge is 0.497 e. The quantitative estimate of drug-likeness (QED) is 0.618. The Morgan fingerprint density at radius 3 is 2.58 bits per heavy atom. The monoisotopic (exact) mass is 160 g/mol. The zero-order chi connectivity index (χ0) is 8.23. The van der Waals surface area contributed by atoms with Crippen LogP contribution in [-0.4, -0.2) is 0 Å². The molecule has 1 aliphatic carbocycles. The van der Waals surface area contributed by atoms with Crippen LogP contribution in [0.4, 0.5) is 0 Å². The molecule has 2 rings (SSSR count). The second kappa shape index (κ2) is 3.44. The van der Waals surface area contributed by atoms with E-state index in [0.717, 1.165) is 0 Å². The van der Waals surface area contributed by atoms with Crippen molar-refractivity contribution >= 4 is 0 Å². The third kappa shape index (κ3) is 2.12. The summed E-state index contributed by atoms with van der Waals surface area (Å²) in [5, 5.41) is 0. The molecule has 0 bridgehead atoms. The van der Waals surface area contributed by atoms with E-state index in [-0.39, 0.29) is 0 Å². The molecule has 0 spiro atoms. The van der Waals surface area contributed by atoms with Gasteiger partial charge in [0.25, 0.3) is 0 Å². The van der Waals surface area contributed by atoms with Crippen molar-refractivity contribution in [1.82, 2.24) is 0 Å². The van der Waals surface area contributed by atoms with Crippen molar-refractivity contribution in [2.24, 2.45) is 0 Å². The van der Waals surface area contributed by atoms with E-state index in [1.165, 1.54) is 24.0 Å². The van der Waals surface area contributed by atoms with Crippen molar-refractivity contribution in [3.63, 3.8) is 0 Å². The number of hydrogen-bond acceptors (Lipinski definition) is 1. The summed E-state index contributed by atoms with van der Waals surface area (Å²) in [6, 6.07) is 10.2. The lowest BCUT2D eigenvalue weighted by Crippen LogP contribution is -1.84. The molecular weight excluding hydrogens is 148 g/mol. The number of hydrogen-bond donors (Lipinski definition) is 0. The van der Waals surface area contributed by atoms with Crippen molar-refractivity contribution in [1.29, 1.82) is 0 Å². The molecule has 0 heterocycles. The van der Waals surface area contributed by atoms with Crippen molar-refractivity contribution in [3.05, 3.63) is 47.7 Å². The van der Waals surface area contributed by atoms with Crippen molar-refractivity contribution in [2.45, 2.75) is 19.4 Å². The minimum atomic E-state index is 0.699. The van der Waals surface area contributed by atoms with E-state index >= 15 is 0 Å². The highest BCUT2D eigenvalue weighted by Gasteiger charge is 2.10. The molecule has 0 aliphatic heterocycles. The van der Waals surface area contributed by atoms with Crippen LogP contribution in [0.1, 0.15) is 18.4 Å². The summed E-state index contributed by atoms with van der Waals surface area (Å²) in [6.07, 6.45) is 4.36. The number of allylic oxidation sites excluding steroid dienone is 1. The lowest BCUT2D eigenvalue weighted by atomic mass is 10.2. The Morgan fingerprint density at radius 1 is 1.17 bits per heavy atom. The van der Waals surface area contributed by atoms with E-state index in [1.54, 1.807) is 0 Å². The van der Waals surface area contributed by atoms with Gasteiger partial charge in [-0.15, -0.1) is 0 Å². The molecule has 1 fully saturated rings. The van der Waals surface area contributed by atoms with E-state index in [4.69, 9.17) is 4.74 Å². The van der Waals surface area contributed by atoms with Gasteiger partial charge >= 0.3 is 0 Å². The molecule has 1 saturated carbocycles. The summed E-state index contributed by atoms with van der Waals surface area (Å²) in [5.74, 6) is 0. The second-order valence-corrected chi connectivity index (χ2v) is 3.07. The van der Waals surface area contributed by atoms with Gasteiger partial charge in [-0.25, -0.2) is 0 Å². The highest BCUT2D eigenvalue weighted by Crippen LogP contribution is 2.27. The maximum absolute atomic E-state index is 5.38. The first kappa shape index (κ1) is 7.41. The van der Waals surface area contributed by atoms with Crippen molar-refractivity contribution in [3.8, 4) is 0 Å². The average molecular weight is 160 g/mol. The Labute approximate surface area is 72.7 Å². The first-order chi connectivity index (χ1) is 5.95. The summed E-state index contributed by atoms with van der Waals surface area (Å²) in [4.78, 5) is 0. The third-order valence-corrected chi connectivity index (χ3v) is 1.88. The smallest absolute Gasteiger partial charge is 0.112 e. The van der Waals surface area contributed by atoms with Crippen LogP contribution in [0, 0.1) is 0 Å². The highest BCUT2D eigenvalue weighted by atomic mass is 16.5. The summed E-state index contributed by atoms with van der Waals surface area (Å²) >= 11 is 0. The second-order valence-electron chi connectivity index (χ2n) is 3.07. The predicted molar refractivity (Wildman–Crippen MR) is 48.5 cm³/mol. The van der Waals surface area contributed by atoms with Crippen LogP contribution in [0.2, 0.25) is 0 Å². The fraction of sp³-hybridized carbons (Fsp3) is 0.273. The Kier molecular flexibility index (Phi) is 2.12. The van der Waals surface area contributed by atoms with Gasteiger partial charge in [0.2, 0.25) is 0 Å². The van der Waals surface area contributed by atoms with Gasteiger partial charge in [0.1, 0.15) is 6.61 Å². The van der Waals surface area contributed by atoms with Gasteiger partial charge in [-0.3, -0.25) is 0 Å². The van der Waals surface area contributed by atoms with Gasteiger partial charge in [0, 0.05) is 0 Å². The van der Waals surface area contributed by atoms with Crippen LogP contribution in [0.15, 0.2) is 42.2 Å². The molecule has 1 aliphatic rings. The van der Waals surface area contributed by atoms with Gasteiger partial charge in [0.05, 0.1) is 6.26 Å². The minimum Gasteiger partial charge on any atom is -0.497 e. The third-order valence-electron chi connectivity index (χ3n) is 1.88. The average Bonchev–Trinajstić information content (AvgIpc) is 2.90. The van der Waals surface area contributed by atoms with Crippen molar-refractivity contribution in [2.75, 3.05) is 0 Å². The van der Waals surface area contributed by atoms with Crippen molar-refractivity contribution < 1.29 is 4.74 Å². The lowest BCUT2D eigenvalue weighted by molar-refractivity contribution is 0.235. The first-order valence-corrected chi connectivity index (χ1v) is 4.28. The molecule has 0 radical (unpaired) electrons. The SMILES string of the molecule is C(OCc1ccccc1)=C1CC1. The molecule has 0 N–H and O–H groups in total. The molecule has 1 heteroatoms. The van der Waals surface area contributed by atoms with Gasteiger partial charge < -0.3 is 4.74 Å². The molecule has 62 valence electrons. The Morgan fingerprint density at radius 2 is 1.92 bits per heavy atom. The number of rotatable bonds is 3. The molecule has 0 atom stereocenters. The Balaban J connectivity index is 1.83. The van der Waals surface area contributed by atoms with Crippen LogP contribution in [-0.2, 0) is 11.3 Å². The molecule has 0 amide bonds. The van der Waals surface area contributed by atoms with Gasteiger partial charge in [-0.05, 0) is 24.0 Å². The van der Waals surface area contributed by atoms with Gasteiger partial charge in [-0.2, -0.15) is 0 Å². The minimum absolute atomic E-state index is 0.699. The molecule has 0 saturated heterocycles. The molecule has 0 aromatic heterocycles. The standard InChI is InChI=1S/C11H12O/c1-2-4-10(5-3-1)8-12-9-11-6-7-11/h1-5,9H,6-8H2. The first-order valence-electron chi connectivity index (χ1n) is 4.28. The summed E-state index contributed by atoms with van der Waals surface area (Å²) in [5.41, 5.74) is 2.67. The van der Waals surface area contributed by atoms with Crippen LogP contribution < -0.4 is 0 Å². The van der Waals surface area contributed by atoms with E-state index in [0.29, 0.717) is 6.61 Å². The zero-order valence-electron chi connectivity index (χ0n) is 6.99. The van der Waals surface area contributed by atoms with Crippen LogP contribution in [0.5, 0.6) is 0 Å². The van der Waals surface area contributed by atoms with E-state index in [1.807, 2.05) is 24.5 Å². The van der Waals surface area contributed by atoms with Crippen LogP contribution in [0.3, 0.4) is 0 Å². The normalized spacial score (nSPS) is 14.2. The fourth-order valence-corrected chi connectivity index (χ4v) is 1.02. The summed E-state index contributed by atoms with van der Waals surface area (Å²) in [6.45, 7) is 0.699. The van der Waals surface area contributed by atoms with Crippen LogP contribution >= 0.6 is 0 Å². The van der Waals surface area contributed by atoms with Gasteiger partial charge in [-0.1, -0.05) is 30.3 Å². The van der Waals surface area contributed by atoms with E-state index < -0.39 is 0 Å². The van der Waals surface area contributed by atoms with E-state index in [9.17, 15) is 0 Å². The molecular formula is C11H12O. The molecule has 1 nitrogen and oxygen atoms in total. The fourth-order valence-electron chi connectivity index (χ4n) is 1.02. The maximum Gasteiger partial charge on any atom is 0.112 e. The molecule has 12 heavy (non-hydrogen) atoms. The Bertz CT molecular complexity index is 268. The zero-order valence-corrected chi connectivity index (χ0v) is 6.99. The lowest BCUT2D eigenvalue weighted by Gasteiger charge is -1.99. The number of benzene rings is 1. The van der Waals surface area contributed by atoms with E-state index in [2.05, 4.69) is 12.1 Å².